The number of hydrogen-bond donors (Lipinski definition) is 2. The molecule has 1 aromatic heterocycles. The fraction of sp³-hybridized carbons (Fsp3) is 0.500. The van der Waals surface area contributed by atoms with Gasteiger partial charge in [-0.25, -0.2) is 0 Å². The number of methoxy groups -OCH3 is 1. The van der Waals surface area contributed by atoms with Gasteiger partial charge in [0.15, 0.2) is 0 Å². The summed E-state index contributed by atoms with van der Waals surface area (Å²) in [5, 5.41) is 5.93. The van der Waals surface area contributed by atoms with Crippen LogP contribution in [0.2, 0.25) is 4.34 Å². The Kier molecular flexibility index (Phi) is 6.40. The summed E-state index contributed by atoms with van der Waals surface area (Å²) in [5.41, 5.74) is 0. The van der Waals surface area contributed by atoms with Crippen LogP contribution in [0.1, 0.15) is 9.67 Å². The van der Waals surface area contributed by atoms with Crippen LogP contribution in [0.5, 0.6) is 0 Å². The van der Waals surface area contributed by atoms with E-state index in [2.05, 4.69) is 10.6 Å². The van der Waals surface area contributed by atoms with Crippen molar-refractivity contribution in [2.45, 2.75) is 0 Å². The molecule has 1 heterocycles. The molecular formula is C10H15ClN2O2S. The normalized spacial score (nSPS) is 10.4. The van der Waals surface area contributed by atoms with E-state index in [-0.39, 0.29) is 5.91 Å². The monoisotopic (exact) mass is 262 g/mol. The number of rotatable bonds is 7. The van der Waals surface area contributed by atoms with E-state index >= 15 is 0 Å². The summed E-state index contributed by atoms with van der Waals surface area (Å²) in [4.78, 5) is 12.2. The van der Waals surface area contributed by atoms with Gasteiger partial charge in [0.25, 0.3) is 5.91 Å². The van der Waals surface area contributed by atoms with Gasteiger partial charge in [0.05, 0.1) is 15.8 Å². The van der Waals surface area contributed by atoms with Crippen molar-refractivity contribution in [3.63, 3.8) is 0 Å². The average molecular weight is 263 g/mol. The van der Waals surface area contributed by atoms with Crippen molar-refractivity contribution in [1.82, 2.24) is 10.6 Å². The zero-order chi connectivity index (χ0) is 11.8. The molecule has 1 amide bonds. The van der Waals surface area contributed by atoms with Gasteiger partial charge >= 0.3 is 0 Å². The number of nitrogens with one attached hydrogen (secondary N) is 2. The third kappa shape index (κ3) is 4.94. The predicted molar refractivity (Wildman–Crippen MR) is 66.4 cm³/mol. The molecule has 1 aromatic rings. The lowest BCUT2D eigenvalue weighted by Gasteiger charge is -2.05. The van der Waals surface area contributed by atoms with Gasteiger partial charge in [-0.05, 0) is 12.1 Å². The van der Waals surface area contributed by atoms with Gasteiger partial charge in [0, 0.05) is 26.7 Å². The van der Waals surface area contributed by atoms with Crippen LogP contribution in [0.3, 0.4) is 0 Å². The molecule has 0 atom stereocenters. The number of ether oxygens (including phenoxy) is 1. The molecule has 0 aromatic carbocycles. The quantitative estimate of drug-likeness (QED) is 0.730. The lowest BCUT2D eigenvalue weighted by atomic mass is 10.4. The first-order chi connectivity index (χ1) is 7.74. The highest BCUT2D eigenvalue weighted by atomic mass is 35.5. The predicted octanol–water partition coefficient (Wildman–Crippen LogP) is 1.37. The van der Waals surface area contributed by atoms with E-state index < -0.39 is 0 Å². The minimum absolute atomic E-state index is 0.0783. The summed E-state index contributed by atoms with van der Waals surface area (Å²) in [7, 11) is 1.66. The summed E-state index contributed by atoms with van der Waals surface area (Å²) in [6.45, 7) is 2.79. The Hall–Kier alpha value is -0.620. The van der Waals surface area contributed by atoms with Gasteiger partial charge < -0.3 is 15.4 Å². The Labute approximate surface area is 104 Å². The van der Waals surface area contributed by atoms with E-state index in [1.807, 2.05) is 0 Å². The maximum absolute atomic E-state index is 11.5. The lowest BCUT2D eigenvalue weighted by molar-refractivity contribution is 0.0957. The molecule has 0 aliphatic heterocycles. The third-order valence-electron chi connectivity index (χ3n) is 1.87. The highest BCUT2D eigenvalue weighted by Crippen LogP contribution is 2.20. The first kappa shape index (κ1) is 13.4. The molecule has 0 radical (unpaired) electrons. The molecule has 0 saturated heterocycles. The molecule has 0 aliphatic rings. The zero-order valence-corrected chi connectivity index (χ0v) is 10.7. The second-order valence-corrected chi connectivity index (χ2v) is 4.82. The first-order valence-electron chi connectivity index (χ1n) is 4.97. The summed E-state index contributed by atoms with van der Waals surface area (Å²) in [6, 6.07) is 3.44. The van der Waals surface area contributed by atoms with Crippen LogP contribution < -0.4 is 10.6 Å². The largest absolute Gasteiger partial charge is 0.383 e. The topological polar surface area (TPSA) is 50.4 Å². The lowest BCUT2D eigenvalue weighted by Crippen LogP contribution is -2.32. The Balaban J connectivity index is 2.11. The second kappa shape index (κ2) is 7.62. The van der Waals surface area contributed by atoms with Gasteiger partial charge in [-0.1, -0.05) is 11.6 Å². The summed E-state index contributed by atoms with van der Waals surface area (Å²) < 4.78 is 5.51. The van der Waals surface area contributed by atoms with Crippen LogP contribution in [0.4, 0.5) is 0 Å². The Morgan fingerprint density at radius 1 is 1.44 bits per heavy atom. The molecule has 0 fully saturated rings. The van der Waals surface area contributed by atoms with E-state index in [0.29, 0.717) is 22.4 Å². The van der Waals surface area contributed by atoms with Crippen LogP contribution in [0.25, 0.3) is 0 Å². The van der Waals surface area contributed by atoms with Gasteiger partial charge in [0.2, 0.25) is 0 Å². The van der Waals surface area contributed by atoms with Crippen LogP contribution in [-0.4, -0.2) is 39.3 Å². The van der Waals surface area contributed by atoms with Gasteiger partial charge in [-0.2, -0.15) is 0 Å². The maximum atomic E-state index is 11.5. The highest BCUT2D eigenvalue weighted by Gasteiger charge is 2.06. The first-order valence-corrected chi connectivity index (χ1v) is 6.16. The van der Waals surface area contributed by atoms with Gasteiger partial charge in [-0.15, -0.1) is 11.3 Å². The minimum atomic E-state index is -0.0783. The van der Waals surface area contributed by atoms with Crippen LogP contribution in [0.15, 0.2) is 12.1 Å². The van der Waals surface area contributed by atoms with E-state index in [1.165, 1.54) is 11.3 Å². The summed E-state index contributed by atoms with van der Waals surface area (Å²) in [6.07, 6.45) is 0. The Morgan fingerprint density at radius 2 is 2.25 bits per heavy atom. The molecule has 16 heavy (non-hydrogen) atoms. The molecule has 1 rings (SSSR count). The van der Waals surface area contributed by atoms with E-state index in [4.69, 9.17) is 16.3 Å². The van der Waals surface area contributed by atoms with Crippen molar-refractivity contribution < 1.29 is 9.53 Å². The van der Waals surface area contributed by atoms with Crippen LogP contribution >= 0.6 is 22.9 Å². The minimum Gasteiger partial charge on any atom is -0.383 e. The van der Waals surface area contributed by atoms with Gasteiger partial charge in [-0.3, -0.25) is 4.79 Å². The average Bonchev–Trinajstić information content (AvgIpc) is 2.70. The number of carbonyl (C=O) groups is 1. The van der Waals surface area contributed by atoms with Crippen LogP contribution in [0, 0.1) is 0 Å². The van der Waals surface area contributed by atoms with Crippen molar-refractivity contribution in [2.75, 3.05) is 33.4 Å². The van der Waals surface area contributed by atoms with Gasteiger partial charge in [0.1, 0.15) is 0 Å². The van der Waals surface area contributed by atoms with E-state index in [1.54, 1.807) is 19.2 Å². The standard InChI is InChI=1S/C10H15ClN2O2S/c1-15-7-6-12-4-5-13-10(14)8-2-3-9(11)16-8/h2-3,12H,4-7H2,1H3,(H,13,14). The van der Waals surface area contributed by atoms with Crippen molar-refractivity contribution in [3.8, 4) is 0 Å². The molecule has 0 saturated carbocycles. The third-order valence-corrected chi connectivity index (χ3v) is 3.10. The number of thiophene rings is 1. The summed E-state index contributed by atoms with van der Waals surface area (Å²) in [5.74, 6) is -0.0783. The SMILES string of the molecule is COCCNCCNC(=O)c1ccc(Cl)s1. The molecule has 4 nitrogen and oxygen atoms in total. The molecule has 6 heteroatoms. The number of carbonyl (C=O) groups excluding carboxylic acids is 1. The van der Waals surface area contributed by atoms with Crippen LogP contribution in [-0.2, 0) is 4.74 Å². The Bertz CT molecular complexity index is 330. The van der Waals surface area contributed by atoms with Crippen molar-refractivity contribution in [1.29, 1.82) is 0 Å². The van der Waals surface area contributed by atoms with E-state index in [9.17, 15) is 4.79 Å². The fourth-order valence-corrected chi connectivity index (χ4v) is 2.05. The van der Waals surface area contributed by atoms with E-state index in [0.717, 1.165) is 13.1 Å². The molecule has 0 spiro atoms. The highest BCUT2D eigenvalue weighted by molar-refractivity contribution is 7.17. The number of amides is 1. The second-order valence-electron chi connectivity index (χ2n) is 3.10. The molecule has 0 aliphatic carbocycles. The molecule has 2 N–H and O–H groups in total. The van der Waals surface area contributed by atoms with Crippen molar-refractivity contribution in [2.24, 2.45) is 0 Å². The van der Waals surface area contributed by atoms with Crippen molar-refractivity contribution in [3.05, 3.63) is 21.3 Å². The summed E-state index contributed by atoms with van der Waals surface area (Å²) >= 11 is 7.02. The molecule has 90 valence electrons. The molecule has 0 unspecified atom stereocenters. The zero-order valence-electron chi connectivity index (χ0n) is 9.09. The fourth-order valence-electron chi connectivity index (χ4n) is 1.09. The Morgan fingerprint density at radius 3 is 2.88 bits per heavy atom. The number of hydrogen-bond acceptors (Lipinski definition) is 4. The smallest absolute Gasteiger partial charge is 0.261 e. The van der Waals surface area contributed by atoms with Crippen molar-refractivity contribution >= 4 is 28.8 Å². The molecule has 0 bridgehead atoms. The number of halogens is 1. The molecular weight excluding hydrogens is 248 g/mol. The maximum Gasteiger partial charge on any atom is 0.261 e.